The molecule has 128 valence electrons. The molecule has 4 saturated carbocycles. The molecule has 7 atom stereocenters. The molecule has 2 spiro atoms. The molecule has 0 unspecified atom stereocenters. The third-order valence-corrected chi connectivity index (χ3v) is 8.96. The number of aliphatic hydroxyl groups is 2. The Balaban J connectivity index is 1.65. The number of fused-ring (bicyclic) bond motifs is 3. The van der Waals surface area contributed by atoms with Crippen molar-refractivity contribution >= 4 is 0 Å². The summed E-state index contributed by atoms with van der Waals surface area (Å²) < 4.78 is 6.09. The summed E-state index contributed by atoms with van der Waals surface area (Å²) in [5, 5.41) is 22.2. The molecule has 6 rings (SSSR count). The predicted molar refractivity (Wildman–Crippen MR) is 87.5 cm³/mol. The molecule has 0 aromatic carbocycles. The molecule has 6 fully saturated rings. The van der Waals surface area contributed by atoms with Crippen molar-refractivity contribution in [1.82, 2.24) is 0 Å². The fourth-order valence-electron chi connectivity index (χ4n) is 8.15. The second kappa shape index (κ2) is 4.05. The van der Waals surface area contributed by atoms with Gasteiger partial charge < -0.3 is 14.9 Å². The molecular weight excluding hydrogens is 288 g/mol. The van der Waals surface area contributed by atoms with Gasteiger partial charge in [-0.15, -0.1) is 0 Å². The molecule has 0 radical (unpaired) electrons. The molecule has 2 heterocycles. The van der Waals surface area contributed by atoms with Crippen molar-refractivity contribution in [2.75, 3.05) is 6.61 Å². The molecule has 6 aliphatic rings. The first kappa shape index (κ1) is 14.9. The Hall–Kier alpha value is -0.380. The minimum absolute atomic E-state index is 0.0568. The summed E-state index contributed by atoms with van der Waals surface area (Å²) in [6.07, 6.45) is 7.18. The lowest BCUT2D eigenvalue weighted by molar-refractivity contribution is -0.405. The predicted octanol–water partition coefficient (Wildman–Crippen LogP) is 3.26. The van der Waals surface area contributed by atoms with Gasteiger partial charge in [-0.1, -0.05) is 26.0 Å². The molecular formula is C20H30O3. The molecule has 2 N–H and O–H groups in total. The molecule has 2 aliphatic heterocycles. The van der Waals surface area contributed by atoms with Gasteiger partial charge in [-0.3, -0.25) is 0 Å². The van der Waals surface area contributed by atoms with Gasteiger partial charge in [0.1, 0.15) is 0 Å². The van der Waals surface area contributed by atoms with Crippen LogP contribution < -0.4 is 0 Å². The Morgan fingerprint density at radius 2 is 1.96 bits per heavy atom. The van der Waals surface area contributed by atoms with E-state index in [1.54, 1.807) is 0 Å². The fraction of sp³-hybridized carbons (Fsp3) is 0.900. The van der Waals surface area contributed by atoms with Crippen molar-refractivity contribution in [3.63, 3.8) is 0 Å². The fourth-order valence-corrected chi connectivity index (χ4v) is 8.15. The van der Waals surface area contributed by atoms with Gasteiger partial charge in [0.05, 0.1) is 12.7 Å². The minimum Gasteiger partial charge on any atom is -0.393 e. The van der Waals surface area contributed by atoms with Crippen LogP contribution in [0.15, 0.2) is 12.2 Å². The van der Waals surface area contributed by atoms with Gasteiger partial charge in [-0.05, 0) is 55.8 Å². The number of hydrogen-bond acceptors (Lipinski definition) is 3. The van der Waals surface area contributed by atoms with Crippen molar-refractivity contribution in [3.8, 4) is 0 Å². The van der Waals surface area contributed by atoms with E-state index in [2.05, 4.69) is 20.4 Å². The van der Waals surface area contributed by atoms with Crippen molar-refractivity contribution in [3.05, 3.63) is 12.2 Å². The van der Waals surface area contributed by atoms with Crippen molar-refractivity contribution in [2.24, 2.45) is 34.0 Å². The van der Waals surface area contributed by atoms with E-state index in [4.69, 9.17) is 4.74 Å². The summed E-state index contributed by atoms with van der Waals surface area (Å²) in [6, 6.07) is 0. The Morgan fingerprint density at radius 1 is 1.17 bits per heavy atom. The zero-order valence-corrected chi connectivity index (χ0v) is 14.5. The van der Waals surface area contributed by atoms with Crippen LogP contribution in [0.3, 0.4) is 0 Å². The highest BCUT2D eigenvalue weighted by molar-refractivity contribution is 5.26. The zero-order valence-electron chi connectivity index (χ0n) is 14.5. The molecule has 0 aromatic rings. The van der Waals surface area contributed by atoms with Crippen LogP contribution in [0.2, 0.25) is 0 Å². The number of aliphatic hydroxyl groups excluding tert-OH is 1. The highest BCUT2D eigenvalue weighted by Gasteiger charge is 2.74. The van der Waals surface area contributed by atoms with E-state index in [1.807, 2.05) is 0 Å². The van der Waals surface area contributed by atoms with E-state index in [0.29, 0.717) is 18.4 Å². The highest BCUT2D eigenvalue weighted by atomic mass is 16.6. The minimum atomic E-state index is -1.05. The third kappa shape index (κ3) is 1.49. The Kier molecular flexibility index (Phi) is 2.63. The summed E-state index contributed by atoms with van der Waals surface area (Å²) in [5.74, 6) is 0.414. The first-order valence-corrected chi connectivity index (χ1v) is 9.46. The topological polar surface area (TPSA) is 49.7 Å². The maximum Gasteiger partial charge on any atom is 0.170 e. The van der Waals surface area contributed by atoms with Crippen LogP contribution >= 0.6 is 0 Å². The summed E-state index contributed by atoms with van der Waals surface area (Å²) in [6.45, 7) is 9.23. The highest BCUT2D eigenvalue weighted by Crippen LogP contribution is 2.75. The van der Waals surface area contributed by atoms with E-state index in [9.17, 15) is 10.2 Å². The van der Waals surface area contributed by atoms with E-state index in [1.165, 1.54) is 24.8 Å². The van der Waals surface area contributed by atoms with E-state index < -0.39 is 5.79 Å². The van der Waals surface area contributed by atoms with Crippen LogP contribution in [0.4, 0.5) is 0 Å². The lowest BCUT2D eigenvalue weighted by atomic mass is 9.38. The van der Waals surface area contributed by atoms with Gasteiger partial charge in [0.2, 0.25) is 0 Å². The molecule has 4 aliphatic carbocycles. The summed E-state index contributed by atoms with van der Waals surface area (Å²) in [7, 11) is 0. The average molecular weight is 318 g/mol. The van der Waals surface area contributed by atoms with E-state index in [0.717, 1.165) is 25.7 Å². The number of ether oxygens (including phenoxy) is 1. The number of rotatable bonds is 0. The molecule has 3 heteroatoms. The first-order chi connectivity index (χ1) is 10.7. The zero-order chi connectivity index (χ0) is 16.3. The van der Waals surface area contributed by atoms with Crippen LogP contribution in [-0.2, 0) is 4.74 Å². The van der Waals surface area contributed by atoms with Gasteiger partial charge in [0.25, 0.3) is 0 Å². The molecule has 0 aromatic heterocycles. The molecule has 3 nitrogen and oxygen atoms in total. The molecule has 2 saturated heterocycles. The van der Waals surface area contributed by atoms with Gasteiger partial charge in [-0.2, -0.15) is 0 Å². The van der Waals surface area contributed by atoms with Crippen LogP contribution in [0, 0.1) is 34.0 Å². The van der Waals surface area contributed by atoms with Gasteiger partial charge in [0, 0.05) is 23.2 Å². The maximum atomic E-state index is 11.2. The summed E-state index contributed by atoms with van der Waals surface area (Å²) in [5.41, 5.74) is 1.36. The van der Waals surface area contributed by atoms with E-state index in [-0.39, 0.29) is 28.3 Å². The summed E-state index contributed by atoms with van der Waals surface area (Å²) >= 11 is 0. The van der Waals surface area contributed by atoms with Crippen molar-refractivity contribution in [2.45, 2.75) is 70.7 Å². The SMILES string of the molecule is C=C1C[C@]23C[C@H]1CC[C@H]2[C@]12CC[C@](O)(OC1)C(C)(C)[C@@H]2[C@H](O)C3. The molecule has 4 bridgehead atoms. The molecule has 0 amide bonds. The lowest BCUT2D eigenvalue weighted by Crippen LogP contribution is -2.74. The van der Waals surface area contributed by atoms with Crippen LogP contribution in [-0.4, -0.2) is 28.7 Å². The number of hydrogen-bond donors (Lipinski definition) is 2. The first-order valence-electron chi connectivity index (χ1n) is 9.46. The molecule has 23 heavy (non-hydrogen) atoms. The quantitative estimate of drug-likeness (QED) is 0.674. The van der Waals surface area contributed by atoms with Crippen LogP contribution in [0.1, 0.15) is 58.8 Å². The largest absolute Gasteiger partial charge is 0.393 e. The van der Waals surface area contributed by atoms with Gasteiger partial charge in [-0.25, -0.2) is 0 Å². The average Bonchev–Trinajstić information content (AvgIpc) is 2.70. The number of allylic oxidation sites excluding steroid dienone is 1. The Bertz CT molecular complexity index is 571. The van der Waals surface area contributed by atoms with Gasteiger partial charge in [0.15, 0.2) is 5.79 Å². The smallest absolute Gasteiger partial charge is 0.170 e. The second-order valence-electron chi connectivity index (χ2n) is 10.0. The normalized spacial score (nSPS) is 59.6. The van der Waals surface area contributed by atoms with Crippen LogP contribution in [0.5, 0.6) is 0 Å². The third-order valence-electron chi connectivity index (χ3n) is 8.96. The lowest BCUT2D eigenvalue weighted by Gasteiger charge is -2.72. The van der Waals surface area contributed by atoms with E-state index >= 15 is 0 Å². The summed E-state index contributed by atoms with van der Waals surface area (Å²) in [4.78, 5) is 0. The standard InChI is InChI=1S/C20H30O3/c1-12-8-18-9-13(12)4-5-15(18)19-6-7-20(22,23-11-19)17(2,3)16(19)14(21)10-18/h13-16,21-22H,1,4-11H2,2-3H3/t13-,14-,15-,16+,18-,19+,20+/m1/s1. The van der Waals surface area contributed by atoms with Crippen molar-refractivity contribution in [1.29, 1.82) is 0 Å². The monoisotopic (exact) mass is 318 g/mol. The Labute approximate surface area is 139 Å². The maximum absolute atomic E-state index is 11.2. The second-order valence-corrected chi connectivity index (χ2v) is 10.0. The van der Waals surface area contributed by atoms with Gasteiger partial charge >= 0.3 is 0 Å². The van der Waals surface area contributed by atoms with Crippen LogP contribution in [0.25, 0.3) is 0 Å². The van der Waals surface area contributed by atoms with Crippen molar-refractivity contribution < 1.29 is 14.9 Å². The Morgan fingerprint density at radius 3 is 2.65 bits per heavy atom.